The summed E-state index contributed by atoms with van der Waals surface area (Å²) in [6.07, 6.45) is 0. The van der Waals surface area contributed by atoms with Crippen molar-refractivity contribution in [1.82, 2.24) is 4.31 Å². The maximum absolute atomic E-state index is 11.6. The smallest absolute Gasteiger partial charge is 0.292 e. The Morgan fingerprint density at radius 3 is 2.35 bits per heavy atom. The van der Waals surface area contributed by atoms with Crippen molar-refractivity contribution >= 4 is 33.0 Å². The predicted molar refractivity (Wildman–Crippen MR) is 76.5 cm³/mol. The number of halogens is 1. The van der Waals surface area contributed by atoms with Crippen LogP contribution in [0.25, 0.3) is 0 Å². The van der Waals surface area contributed by atoms with Gasteiger partial charge in [-0.15, -0.1) is 11.6 Å². The minimum absolute atomic E-state index is 0.0288. The number of anilines is 1. The summed E-state index contributed by atoms with van der Waals surface area (Å²) in [7, 11) is -3.42. The Morgan fingerprint density at radius 1 is 1.20 bits per heavy atom. The topological polar surface area (TPSA) is 83.8 Å². The zero-order chi connectivity index (χ0) is 14.8. The van der Waals surface area contributed by atoms with E-state index < -0.39 is 20.2 Å². The fourth-order valence-electron chi connectivity index (χ4n) is 2.16. The summed E-state index contributed by atoms with van der Waals surface area (Å²) in [5, 5.41) is 10.5. The molecule has 20 heavy (non-hydrogen) atoms. The van der Waals surface area contributed by atoms with Crippen molar-refractivity contribution in [2.24, 2.45) is 0 Å². The Labute approximate surface area is 121 Å². The summed E-state index contributed by atoms with van der Waals surface area (Å²) in [6.45, 7) is 1.37. The van der Waals surface area contributed by atoms with Crippen LogP contribution in [-0.4, -0.2) is 49.0 Å². The van der Waals surface area contributed by atoms with Crippen molar-refractivity contribution in [3.05, 3.63) is 34.4 Å². The zero-order valence-corrected chi connectivity index (χ0v) is 12.2. The molecule has 1 aliphatic rings. The molecule has 110 valence electrons. The minimum Gasteiger partial charge on any atom is -0.363 e. The van der Waals surface area contributed by atoms with Crippen molar-refractivity contribution in [1.29, 1.82) is 0 Å². The van der Waals surface area contributed by atoms with Crippen LogP contribution in [0.5, 0.6) is 0 Å². The van der Waals surface area contributed by atoms with Crippen LogP contribution in [-0.2, 0) is 10.0 Å². The molecule has 0 amide bonds. The number of alkyl halides is 1. The summed E-state index contributed by atoms with van der Waals surface area (Å²) in [5.74, 6) is 0. The fraction of sp³-hybridized carbons (Fsp3) is 0.455. The molecule has 2 rings (SSSR count). The molecular weight excluding hydrogens is 306 g/mol. The quantitative estimate of drug-likeness (QED) is 0.473. The van der Waals surface area contributed by atoms with Crippen LogP contribution in [0.4, 0.5) is 11.4 Å². The van der Waals surface area contributed by atoms with Gasteiger partial charge in [0, 0.05) is 32.2 Å². The van der Waals surface area contributed by atoms with Gasteiger partial charge < -0.3 is 4.90 Å². The normalized spacial score (nSPS) is 17.1. The monoisotopic (exact) mass is 319 g/mol. The van der Waals surface area contributed by atoms with E-state index in [1.807, 2.05) is 4.90 Å². The summed E-state index contributed by atoms with van der Waals surface area (Å²) in [4.78, 5) is 12.4. The first-order valence-electron chi connectivity index (χ1n) is 5.98. The highest BCUT2D eigenvalue weighted by molar-refractivity contribution is 7.90. The summed E-state index contributed by atoms with van der Waals surface area (Å²) >= 11 is 5.41. The third-order valence-electron chi connectivity index (χ3n) is 3.19. The van der Waals surface area contributed by atoms with E-state index in [0.717, 1.165) is 0 Å². The van der Waals surface area contributed by atoms with Crippen LogP contribution >= 0.6 is 11.6 Å². The summed E-state index contributed by atoms with van der Waals surface area (Å²) < 4.78 is 24.6. The lowest BCUT2D eigenvalue weighted by atomic mass is 10.2. The van der Waals surface area contributed by atoms with E-state index in [0.29, 0.717) is 18.8 Å². The molecule has 0 aliphatic carbocycles. The first kappa shape index (κ1) is 15.0. The van der Waals surface area contributed by atoms with E-state index >= 15 is 0 Å². The molecule has 0 radical (unpaired) electrons. The number of para-hydroxylation sites is 2. The van der Waals surface area contributed by atoms with Gasteiger partial charge >= 0.3 is 0 Å². The molecular formula is C11H14ClN3O4S. The van der Waals surface area contributed by atoms with E-state index in [4.69, 9.17) is 11.6 Å². The van der Waals surface area contributed by atoms with E-state index in [1.165, 1.54) is 10.4 Å². The molecule has 0 atom stereocenters. The molecule has 0 saturated carbocycles. The SMILES string of the molecule is O=[N+]([O-])c1ccccc1N1CCN(S(=O)(=O)CCl)CC1. The third-order valence-corrected chi connectivity index (χ3v) is 5.44. The number of rotatable bonds is 4. The lowest BCUT2D eigenvalue weighted by molar-refractivity contribution is -0.384. The highest BCUT2D eigenvalue weighted by Crippen LogP contribution is 2.28. The van der Waals surface area contributed by atoms with Crippen molar-refractivity contribution in [2.45, 2.75) is 0 Å². The summed E-state index contributed by atoms with van der Waals surface area (Å²) in [6, 6.07) is 6.45. The van der Waals surface area contributed by atoms with Crippen LogP contribution in [0, 0.1) is 10.1 Å². The summed E-state index contributed by atoms with van der Waals surface area (Å²) in [5.41, 5.74) is 0.543. The fourth-order valence-corrected chi connectivity index (χ4v) is 3.43. The Bertz CT molecular complexity index is 599. The van der Waals surface area contributed by atoms with Gasteiger partial charge in [-0.05, 0) is 6.07 Å². The van der Waals surface area contributed by atoms with Gasteiger partial charge in [-0.3, -0.25) is 10.1 Å². The molecule has 0 aromatic heterocycles. The second kappa shape index (κ2) is 5.94. The number of nitro groups is 1. The number of sulfonamides is 1. The molecule has 1 aromatic rings. The van der Waals surface area contributed by atoms with Crippen LogP contribution in [0.3, 0.4) is 0 Å². The van der Waals surface area contributed by atoms with Crippen LogP contribution in [0.2, 0.25) is 0 Å². The molecule has 1 heterocycles. The molecule has 0 bridgehead atoms. The molecule has 0 unspecified atom stereocenters. The zero-order valence-electron chi connectivity index (χ0n) is 10.6. The average Bonchev–Trinajstić information content (AvgIpc) is 2.47. The third kappa shape index (κ3) is 3.02. The highest BCUT2D eigenvalue weighted by atomic mass is 35.5. The van der Waals surface area contributed by atoms with Crippen molar-refractivity contribution in [2.75, 3.05) is 36.3 Å². The Balaban J connectivity index is 2.14. The maximum Gasteiger partial charge on any atom is 0.292 e. The standard InChI is InChI=1S/C11H14ClN3O4S/c12-9-20(18,19)14-7-5-13(6-8-14)10-3-1-2-4-11(10)15(16)17/h1-4H,5-9H2. The first-order valence-corrected chi connectivity index (χ1v) is 8.12. The number of hydrogen-bond donors (Lipinski definition) is 0. The van der Waals surface area contributed by atoms with Gasteiger partial charge in [0.25, 0.3) is 5.69 Å². The van der Waals surface area contributed by atoms with Crippen molar-refractivity contribution in [3.8, 4) is 0 Å². The molecule has 9 heteroatoms. The second-order valence-corrected chi connectivity index (χ2v) is 6.91. The van der Waals surface area contributed by atoms with Gasteiger partial charge in [-0.1, -0.05) is 12.1 Å². The van der Waals surface area contributed by atoms with Gasteiger partial charge in [0.1, 0.15) is 10.9 Å². The van der Waals surface area contributed by atoms with E-state index in [1.54, 1.807) is 18.2 Å². The lowest BCUT2D eigenvalue weighted by Crippen LogP contribution is -2.49. The average molecular weight is 320 g/mol. The number of nitro benzene ring substituents is 1. The number of benzene rings is 1. The Hall–Kier alpha value is -1.38. The lowest BCUT2D eigenvalue weighted by Gasteiger charge is -2.34. The van der Waals surface area contributed by atoms with Crippen LogP contribution in [0.15, 0.2) is 24.3 Å². The molecule has 1 fully saturated rings. The molecule has 0 spiro atoms. The Kier molecular flexibility index (Phi) is 4.46. The molecule has 7 nitrogen and oxygen atoms in total. The highest BCUT2D eigenvalue weighted by Gasteiger charge is 2.28. The van der Waals surface area contributed by atoms with Gasteiger partial charge in [0.15, 0.2) is 0 Å². The molecule has 1 saturated heterocycles. The van der Waals surface area contributed by atoms with Gasteiger partial charge in [0.05, 0.1) is 4.92 Å². The van der Waals surface area contributed by atoms with Gasteiger partial charge in [0.2, 0.25) is 10.0 Å². The molecule has 1 aliphatic heterocycles. The predicted octanol–water partition coefficient (Wildman–Crippen LogP) is 1.24. The van der Waals surface area contributed by atoms with Crippen molar-refractivity contribution < 1.29 is 13.3 Å². The number of hydrogen-bond acceptors (Lipinski definition) is 5. The molecule has 1 aromatic carbocycles. The number of piperazine rings is 1. The van der Waals surface area contributed by atoms with E-state index in [2.05, 4.69) is 0 Å². The largest absolute Gasteiger partial charge is 0.363 e. The minimum atomic E-state index is -3.42. The van der Waals surface area contributed by atoms with Crippen molar-refractivity contribution in [3.63, 3.8) is 0 Å². The first-order chi connectivity index (χ1) is 9.45. The molecule has 0 N–H and O–H groups in total. The van der Waals surface area contributed by atoms with E-state index in [-0.39, 0.29) is 18.8 Å². The maximum atomic E-state index is 11.6. The van der Waals surface area contributed by atoms with Crippen LogP contribution in [0.1, 0.15) is 0 Å². The van der Waals surface area contributed by atoms with Crippen LogP contribution < -0.4 is 4.90 Å². The van der Waals surface area contributed by atoms with E-state index in [9.17, 15) is 18.5 Å². The second-order valence-electron chi connectivity index (χ2n) is 4.35. The number of nitrogens with zero attached hydrogens (tertiary/aromatic N) is 3. The Morgan fingerprint density at radius 2 is 1.80 bits per heavy atom. The van der Waals surface area contributed by atoms with Gasteiger partial charge in [-0.2, -0.15) is 4.31 Å². The van der Waals surface area contributed by atoms with Gasteiger partial charge in [-0.25, -0.2) is 8.42 Å².